The highest BCUT2D eigenvalue weighted by atomic mass is 16.5. The first-order chi connectivity index (χ1) is 9.43. The van der Waals surface area contributed by atoms with Crippen molar-refractivity contribution in [3.8, 4) is 0 Å². The highest BCUT2D eigenvalue weighted by molar-refractivity contribution is 5.96. The van der Waals surface area contributed by atoms with Crippen molar-refractivity contribution < 1.29 is 14.3 Å². The quantitative estimate of drug-likeness (QED) is 0.813. The number of aryl methyl sites for hydroxylation is 1. The third-order valence-corrected chi connectivity index (χ3v) is 2.88. The molecule has 1 rings (SSSR count). The molecule has 1 N–H and O–H groups in total. The lowest BCUT2D eigenvalue weighted by atomic mass is 10.1. The van der Waals surface area contributed by atoms with Crippen molar-refractivity contribution in [3.63, 3.8) is 0 Å². The van der Waals surface area contributed by atoms with Crippen molar-refractivity contribution in [2.75, 3.05) is 6.61 Å². The molecule has 0 aliphatic carbocycles. The number of carbonyl (C=O) groups excluding carboxylic acids is 2. The van der Waals surface area contributed by atoms with Crippen LogP contribution in [-0.4, -0.2) is 24.5 Å². The minimum atomic E-state index is -0.646. The molecule has 0 fully saturated rings. The molecule has 4 heteroatoms. The summed E-state index contributed by atoms with van der Waals surface area (Å²) < 4.78 is 5.08. The third kappa shape index (κ3) is 5.03. The largest absolute Gasteiger partial charge is 0.464 e. The zero-order valence-corrected chi connectivity index (χ0v) is 12.6. The molecular weight excluding hydrogens is 254 g/mol. The number of rotatable bonds is 6. The van der Waals surface area contributed by atoms with Crippen LogP contribution >= 0.6 is 0 Å². The van der Waals surface area contributed by atoms with Crippen LogP contribution in [0.3, 0.4) is 0 Å². The Bertz CT molecular complexity index is 451. The van der Waals surface area contributed by atoms with Gasteiger partial charge in [-0.1, -0.05) is 32.9 Å². The van der Waals surface area contributed by atoms with Crippen LogP contribution in [0.2, 0.25) is 0 Å². The van der Waals surface area contributed by atoms with Crippen molar-refractivity contribution in [1.29, 1.82) is 0 Å². The lowest BCUT2D eigenvalue weighted by Gasteiger charge is -2.14. The van der Waals surface area contributed by atoms with E-state index in [1.54, 1.807) is 19.1 Å². The Kier molecular flexibility index (Phi) is 6.22. The highest BCUT2D eigenvalue weighted by Crippen LogP contribution is 2.05. The Morgan fingerprint density at radius 1 is 1.15 bits per heavy atom. The monoisotopic (exact) mass is 277 g/mol. The predicted octanol–water partition coefficient (Wildman–Crippen LogP) is 2.57. The van der Waals surface area contributed by atoms with Crippen LogP contribution in [0.15, 0.2) is 24.3 Å². The van der Waals surface area contributed by atoms with E-state index in [4.69, 9.17) is 4.74 Å². The Morgan fingerprint density at radius 3 is 2.25 bits per heavy atom. The molecule has 1 atom stereocenters. The van der Waals surface area contributed by atoms with Crippen LogP contribution in [0.1, 0.15) is 43.6 Å². The Labute approximate surface area is 120 Å². The van der Waals surface area contributed by atoms with E-state index in [-0.39, 0.29) is 11.8 Å². The lowest BCUT2D eigenvalue weighted by Crippen LogP contribution is -2.39. The van der Waals surface area contributed by atoms with Gasteiger partial charge in [-0.25, -0.2) is 4.79 Å². The van der Waals surface area contributed by atoms with Crippen molar-refractivity contribution in [3.05, 3.63) is 35.4 Å². The van der Waals surface area contributed by atoms with E-state index in [0.29, 0.717) is 12.2 Å². The van der Waals surface area contributed by atoms with E-state index < -0.39 is 12.0 Å². The third-order valence-electron chi connectivity index (χ3n) is 2.88. The summed E-state index contributed by atoms with van der Waals surface area (Å²) in [6.07, 6.45) is 0.930. The van der Waals surface area contributed by atoms with Gasteiger partial charge in [0.1, 0.15) is 6.04 Å². The average molecular weight is 277 g/mol. The maximum Gasteiger partial charge on any atom is 0.328 e. The molecule has 0 saturated heterocycles. The number of benzene rings is 1. The zero-order chi connectivity index (χ0) is 15.1. The summed E-state index contributed by atoms with van der Waals surface area (Å²) in [5.74, 6) is -0.387. The molecule has 0 unspecified atom stereocenters. The van der Waals surface area contributed by atoms with Crippen LogP contribution in [0.25, 0.3) is 0 Å². The van der Waals surface area contributed by atoms with Crippen LogP contribution in [0.5, 0.6) is 0 Å². The van der Waals surface area contributed by atoms with Crippen LogP contribution in [-0.2, 0) is 16.0 Å². The molecule has 1 amide bonds. The number of hydrogen-bond acceptors (Lipinski definition) is 3. The molecule has 0 aliphatic heterocycles. The molecule has 0 radical (unpaired) electrons. The fourth-order valence-corrected chi connectivity index (χ4v) is 1.60. The first-order valence-corrected chi connectivity index (χ1v) is 7.00. The average Bonchev–Trinajstić information content (AvgIpc) is 2.44. The first-order valence-electron chi connectivity index (χ1n) is 7.00. The molecule has 0 heterocycles. The molecule has 0 aromatic heterocycles. The van der Waals surface area contributed by atoms with Gasteiger partial charge in [0.15, 0.2) is 0 Å². The SMILES string of the molecule is CCc1ccc(C(=O)N[C@@H](C)C(=O)OCC(C)C)cc1. The number of amides is 1. The summed E-state index contributed by atoms with van der Waals surface area (Å²) in [4.78, 5) is 23.7. The Morgan fingerprint density at radius 2 is 1.75 bits per heavy atom. The maximum atomic E-state index is 12.0. The summed E-state index contributed by atoms with van der Waals surface area (Å²) >= 11 is 0. The van der Waals surface area contributed by atoms with E-state index in [1.807, 2.05) is 26.0 Å². The van der Waals surface area contributed by atoms with Gasteiger partial charge < -0.3 is 10.1 Å². The molecule has 4 nitrogen and oxygen atoms in total. The number of nitrogens with one attached hydrogen (secondary N) is 1. The second-order valence-corrected chi connectivity index (χ2v) is 5.27. The van der Waals surface area contributed by atoms with E-state index >= 15 is 0 Å². The first kappa shape index (κ1) is 16.2. The van der Waals surface area contributed by atoms with Gasteiger partial charge in [0.25, 0.3) is 5.91 Å². The second-order valence-electron chi connectivity index (χ2n) is 5.27. The van der Waals surface area contributed by atoms with Crippen molar-refractivity contribution in [1.82, 2.24) is 5.32 Å². The molecule has 1 aromatic carbocycles. The molecule has 20 heavy (non-hydrogen) atoms. The fraction of sp³-hybridized carbons (Fsp3) is 0.500. The van der Waals surface area contributed by atoms with E-state index in [2.05, 4.69) is 12.2 Å². The second kappa shape index (κ2) is 7.68. The minimum Gasteiger partial charge on any atom is -0.464 e. The summed E-state index contributed by atoms with van der Waals surface area (Å²) in [6, 6.07) is 6.71. The molecule has 0 saturated carbocycles. The van der Waals surface area contributed by atoms with Crippen LogP contribution < -0.4 is 5.32 Å². The number of ether oxygens (including phenoxy) is 1. The Balaban J connectivity index is 2.53. The maximum absolute atomic E-state index is 12.0. The molecule has 110 valence electrons. The van der Waals surface area contributed by atoms with Gasteiger partial charge in [0.2, 0.25) is 0 Å². The fourth-order valence-electron chi connectivity index (χ4n) is 1.60. The number of esters is 1. The number of carbonyl (C=O) groups is 2. The van der Waals surface area contributed by atoms with Gasteiger partial charge in [-0.2, -0.15) is 0 Å². The van der Waals surface area contributed by atoms with Crippen LogP contribution in [0.4, 0.5) is 0 Å². The smallest absolute Gasteiger partial charge is 0.328 e. The summed E-state index contributed by atoms with van der Waals surface area (Å²) in [7, 11) is 0. The minimum absolute atomic E-state index is 0.262. The molecule has 1 aromatic rings. The molecule has 0 bridgehead atoms. The Hall–Kier alpha value is -1.84. The predicted molar refractivity (Wildman–Crippen MR) is 78.5 cm³/mol. The van der Waals surface area contributed by atoms with Crippen molar-refractivity contribution in [2.45, 2.75) is 40.2 Å². The van der Waals surface area contributed by atoms with Crippen molar-refractivity contribution >= 4 is 11.9 Å². The summed E-state index contributed by atoms with van der Waals surface area (Å²) in [6.45, 7) is 7.98. The standard InChI is InChI=1S/C16H23NO3/c1-5-13-6-8-14(9-7-13)15(18)17-12(4)16(19)20-10-11(2)3/h6-9,11-12H,5,10H2,1-4H3,(H,17,18)/t12-/m0/s1. The van der Waals surface area contributed by atoms with E-state index in [1.165, 1.54) is 5.56 Å². The van der Waals surface area contributed by atoms with Gasteiger partial charge in [0, 0.05) is 5.56 Å². The van der Waals surface area contributed by atoms with Gasteiger partial charge in [-0.15, -0.1) is 0 Å². The molecule has 0 aliphatic rings. The van der Waals surface area contributed by atoms with Gasteiger partial charge in [0.05, 0.1) is 6.61 Å². The topological polar surface area (TPSA) is 55.4 Å². The zero-order valence-electron chi connectivity index (χ0n) is 12.6. The molecular formula is C16H23NO3. The van der Waals surface area contributed by atoms with E-state index in [9.17, 15) is 9.59 Å². The summed E-state index contributed by atoms with van der Waals surface area (Å²) in [5, 5.41) is 2.64. The number of hydrogen-bond donors (Lipinski definition) is 1. The van der Waals surface area contributed by atoms with Gasteiger partial charge in [-0.05, 0) is 37.0 Å². The van der Waals surface area contributed by atoms with Gasteiger partial charge in [-0.3, -0.25) is 4.79 Å². The van der Waals surface area contributed by atoms with Gasteiger partial charge >= 0.3 is 5.97 Å². The highest BCUT2D eigenvalue weighted by Gasteiger charge is 2.18. The van der Waals surface area contributed by atoms with Crippen LogP contribution in [0, 0.1) is 5.92 Å². The van der Waals surface area contributed by atoms with E-state index in [0.717, 1.165) is 6.42 Å². The van der Waals surface area contributed by atoms with Crippen molar-refractivity contribution in [2.24, 2.45) is 5.92 Å². The molecule has 0 spiro atoms. The normalized spacial score (nSPS) is 12.1. The lowest BCUT2D eigenvalue weighted by molar-refractivity contribution is -0.146. The summed E-state index contributed by atoms with van der Waals surface area (Å²) in [5.41, 5.74) is 1.72.